The summed E-state index contributed by atoms with van der Waals surface area (Å²) in [6, 6.07) is 5.64. The van der Waals surface area contributed by atoms with E-state index in [0.29, 0.717) is 0 Å². The summed E-state index contributed by atoms with van der Waals surface area (Å²) in [4.78, 5) is 11.9. The van der Waals surface area contributed by atoms with E-state index in [-0.39, 0.29) is 6.17 Å². The number of aromatic nitrogens is 1. The Morgan fingerprint density at radius 3 is 3.14 bits per heavy atom. The normalized spacial score (nSPS) is 19.3. The highest BCUT2D eigenvalue weighted by atomic mass is 15.4. The van der Waals surface area contributed by atoms with Crippen LogP contribution in [0.15, 0.2) is 39.5 Å². The first-order chi connectivity index (χ1) is 6.95. The standard InChI is InChI=1S/C9H9N5/c1-2-4-11-8(3-1)5-13-14-9-6-10-7-12-9/h1-7,9,14H/b13-5-/t9-/m0/s1. The van der Waals surface area contributed by atoms with Gasteiger partial charge >= 0.3 is 0 Å². The van der Waals surface area contributed by atoms with Crippen molar-refractivity contribution in [2.75, 3.05) is 0 Å². The van der Waals surface area contributed by atoms with Gasteiger partial charge in [-0.3, -0.25) is 10.4 Å². The Balaban J connectivity index is 1.89. The van der Waals surface area contributed by atoms with Gasteiger partial charge in [0.15, 0.2) is 6.17 Å². The van der Waals surface area contributed by atoms with Crippen LogP contribution < -0.4 is 5.43 Å². The van der Waals surface area contributed by atoms with Crippen molar-refractivity contribution in [3.8, 4) is 0 Å². The van der Waals surface area contributed by atoms with Gasteiger partial charge in [0.1, 0.15) is 6.34 Å². The molecule has 1 aliphatic heterocycles. The lowest BCUT2D eigenvalue weighted by Gasteiger charge is -2.00. The van der Waals surface area contributed by atoms with Gasteiger partial charge in [-0.2, -0.15) is 5.10 Å². The van der Waals surface area contributed by atoms with Crippen LogP contribution in [-0.4, -0.2) is 29.9 Å². The number of hydrogen-bond donors (Lipinski definition) is 1. The molecule has 5 heteroatoms. The Labute approximate surface area is 81.3 Å². The largest absolute Gasteiger partial charge is 0.281 e. The summed E-state index contributed by atoms with van der Waals surface area (Å²) in [5.41, 5.74) is 3.62. The van der Waals surface area contributed by atoms with E-state index in [9.17, 15) is 0 Å². The van der Waals surface area contributed by atoms with Gasteiger partial charge in [0, 0.05) is 6.20 Å². The molecule has 0 aromatic carbocycles. The van der Waals surface area contributed by atoms with Gasteiger partial charge in [-0.25, -0.2) is 9.98 Å². The topological polar surface area (TPSA) is 62.0 Å². The average molecular weight is 187 g/mol. The molecule has 2 rings (SSSR count). The third-order valence-corrected chi connectivity index (χ3v) is 1.61. The molecular formula is C9H9N5. The van der Waals surface area contributed by atoms with Crippen molar-refractivity contribution in [1.82, 2.24) is 10.4 Å². The second-order valence-corrected chi connectivity index (χ2v) is 2.65. The van der Waals surface area contributed by atoms with Crippen molar-refractivity contribution in [1.29, 1.82) is 0 Å². The number of hydrazone groups is 1. The molecule has 0 aliphatic carbocycles. The minimum absolute atomic E-state index is 0.144. The van der Waals surface area contributed by atoms with Crippen molar-refractivity contribution < 1.29 is 0 Å². The van der Waals surface area contributed by atoms with E-state index < -0.39 is 0 Å². The van der Waals surface area contributed by atoms with E-state index in [0.717, 1.165) is 5.69 Å². The Kier molecular flexibility index (Phi) is 2.61. The predicted octanol–water partition coefficient (Wildman–Crippen LogP) is 0.444. The summed E-state index contributed by atoms with van der Waals surface area (Å²) in [6.07, 6.45) is 6.39. The summed E-state index contributed by atoms with van der Waals surface area (Å²) in [7, 11) is 0. The molecule has 0 fully saturated rings. The van der Waals surface area contributed by atoms with Crippen LogP contribution in [0, 0.1) is 0 Å². The molecule has 5 nitrogen and oxygen atoms in total. The smallest absolute Gasteiger partial charge is 0.171 e. The number of nitrogens with one attached hydrogen (secondary N) is 1. The minimum atomic E-state index is -0.144. The van der Waals surface area contributed by atoms with Crippen LogP contribution in [0.5, 0.6) is 0 Å². The maximum Gasteiger partial charge on any atom is 0.171 e. The highest BCUT2D eigenvalue weighted by Gasteiger charge is 2.01. The van der Waals surface area contributed by atoms with Gasteiger partial charge in [-0.05, 0) is 12.1 Å². The second kappa shape index (κ2) is 4.27. The SMILES string of the molecule is C1=NC=N[C@H]1N/N=C\c1ccccn1. The molecule has 14 heavy (non-hydrogen) atoms. The second-order valence-electron chi connectivity index (χ2n) is 2.65. The van der Waals surface area contributed by atoms with Gasteiger partial charge < -0.3 is 0 Å². The fraction of sp³-hybridized carbons (Fsp3) is 0.111. The van der Waals surface area contributed by atoms with Crippen LogP contribution in [0.3, 0.4) is 0 Å². The molecule has 0 unspecified atom stereocenters. The Morgan fingerprint density at radius 2 is 2.43 bits per heavy atom. The van der Waals surface area contributed by atoms with E-state index in [2.05, 4.69) is 25.5 Å². The van der Waals surface area contributed by atoms with Crippen LogP contribution in [0.4, 0.5) is 0 Å². The molecule has 0 bridgehead atoms. The molecule has 0 saturated carbocycles. The Morgan fingerprint density at radius 1 is 1.43 bits per heavy atom. The molecular weight excluding hydrogens is 178 g/mol. The van der Waals surface area contributed by atoms with Crippen LogP contribution in [-0.2, 0) is 0 Å². The summed E-state index contributed by atoms with van der Waals surface area (Å²) < 4.78 is 0. The maximum absolute atomic E-state index is 4.08. The van der Waals surface area contributed by atoms with Crippen LogP contribution in [0.25, 0.3) is 0 Å². The lowest BCUT2D eigenvalue weighted by molar-refractivity contribution is 0.699. The summed E-state index contributed by atoms with van der Waals surface area (Å²) in [6.45, 7) is 0. The van der Waals surface area contributed by atoms with E-state index in [1.165, 1.54) is 6.34 Å². The lowest BCUT2D eigenvalue weighted by Crippen LogP contribution is -2.21. The van der Waals surface area contributed by atoms with Gasteiger partial charge in [0.2, 0.25) is 0 Å². The van der Waals surface area contributed by atoms with Crippen molar-refractivity contribution >= 4 is 18.8 Å². The third kappa shape index (κ3) is 2.22. The minimum Gasteiger partial charge on any atom is -0.281 e. The number of pyridine rings is 1. The molecule has 2 heterocycles. The fourth-order valence-corrected chi connectivity index (χ4v) is 0.968. The molecule has 70 valence electrons. The van der Waals surface area contributed by atoms with Gasteiger partial charge in [-0.15, -0.1) is 0 Å². The molecule has 1 N–H and O–H groups in total. The summed E-state index contributed by atoms with van der Waals surface area (Å²) in [5.74, 6) is 0. The first-order valence-corrected chi connectivity index (χ1v) is 4.20. The van der Waals surface area contributed by atoms with E-state index in [1.807, 2.05) is 18.2 Å². The molecule has 0 radical (unpaired) electrons. The quantitative estimate of drug-likeness (QED) is 0.551. The highest BCUT2D eigenvalue weighted by Crippen LogP contribution is 1.90. The predicted molar refractivity (Wildman–Crippen MR) is 55.7 cm³/mol. The van der Waals surface area contributed by atoms with Gasteiger partial charge in [0.05, 0.1) is 18.1 Å². The molecule has 1 aromatic rings. The van der Waals surface area contributed by atoms with Crippen LogP contribution in [0.1, 0.15) is 5.69 Å². The molecule has 0 spiro atoms. The maximum atomic E-state index is 4.08. The zero-order valence-corrected chi connectivity index (χ0v) is 7.41. The molecule has 1 aliphatic rings. The highest BCUT2D eigenvalue weighted by molar-refractivity contribution is 5.82. The summed E-state index contributed by atoms with van der Waals surface area (Å²) in [5, 5.41) is 3.98. The van der Waals surface area contributed by atoms with Crippen molar-refractivity contribution in [3.63, 3.8) is 0 Å². The zero-order chi connectivity index (χ0) is 9.64. The zero-order valence-electron chi connectivity index (χ0n) is 7.41. The van der Waals surface area contributed by atoms with Crippen molar-refractivity contribution in [2.24, 2.45) is 15.1 Å². The van der Waals surface area contributed by atoms with E-state index >= 15 is 0 Å². The van der Waals surface area contributed by atoms with Gasteiger partial charge in [-0.1, -0.05) is 6.07 Å². The third-order valence-electron chi connectivity index (χ3n) is 1.61. The average Bonchev–Trinajstić information content (AvgIpc) is 2.72. The molecule has 1 aromatic heterocycles. The van der Waals surface area contributed by atoms with Crippen LogP contribution in [0.2, 0.25) is 0 Å². The first kappa shape index (κ1) is 8.55. The number of aliphatic imine (C=N–C) groups is 2. The number of nitrogens with zero attached hydrogens (tertiary/aromatic N) is 4. The Bertz CT molecular complexity index is 356. The molecule has 0 amide bonds. The van der Waals surface area contributed by atoms with Gasteiger partial charge in [0.25, 0.3) is 0 Å². The molecule has 1 atom stereocenters. The first-order valence-electron chi connectivity index (χ1n) is 4.20. The van der Waals surface area contributed by atoms with Crippen LogP contribution >= 0.6 is 0 Å². The molecule has 0 saturated heterocycles. The van der Waals surface area contributed by atoms with Crippen molar-refractivity contribution in [2.45, 2.75) is 6.17 Å². The number of rotatable bonds is 3. The summed E-state index contributed by atoms with van der Waals surface area (Å²) >= 11 is 0. The lowest BCUT2D eigenvalue weighted by atomic mass is 10.4. The van der Waals surface area contributed by atoms with E-state index in [1.54, 1.807) is 18.6 Å². The Hall–Kier alpha value is -2.04. The van der Waals surface area contributed by atoms with Crippen molar-refractivity contribution in [3.05, 3.63) is 30.1 Å². The van der Waals surface area contributed by atoms with E-state index in [4.69, 9.17) is 0 Å². The monoisotopic (exact) mass is 187 g/mol. The number of hydrogen-bond acceptors (Lipinski definition) is 5. The fourth-order valence-electron chi connectivity index (χ4n) is 0.968.